The largest absolute Gasteiger partial charge is 0.507 e. The SMILES string of the molecule is O=C(NC(c1ccc(C(F)(F)F)cc1)c1ncccc1C(F)(F)F)c1ccc2c(O)ccnc2c1. The molecule has 0 saturated carbocycles. The molecule has 4 rings (SSSR count). The topological polar surface area (TPSA) is 75.1 Å². The fourth-order valence-electron chi connectivity index (χ4n) is 3.55. The minimum atomic E-state index is -4.83. The molecule has 2 aromatic heterocycles. The van der Waals surface area contributed by atoms with Crippen molar-refractivity contribution in [3.63, 3.8) is 0 Å². The molecule has 0 aliphatic carbocycles. The van der Waals surface area contributed by atoms with Crippen molar-refractivity contribution in [3.05, 3.63) is 101 Å². The molecule has 1 atom stereocenters. The van der Waals surface area contributed by atoms with Crippen LogP contribution in [0.25, 0.3) is 10.9 Å². The van der Waals surface area contributed by atoms with E-state index in [9.17, 15) is 36.2 Å². The number of rotatable bonds is 4. The van der Waals surface area contributed by atoms with Crippen molar-refractivity contribution in [1.29, 1.82) is 0 Å². The van der Waals surface area contributed by atoms with Crippen molar-refractivity contribution >= 4 is 16.8 Å². The molecule has 0 fully saturated rings. The first-order valence-electron chi connectivity index (χ1n) is 10.0. The molecular weight excluding hydrogens is 476 g/mol. The Morgan fingerprint density at radius 1 is 0.857 bits per heavy atom. The van der Waals surface area contributed by atoms with E-state index in [2.05, 4.69) is 15.3 Å². The highest BCUT2D eigenvalue weighted by atomic mass is 19.4. The van der Waals surface area contributed by atoms with Gasteiger partial charge in [-0.2, -0.15) is 26.3 Å². The Labute approximate surface area is 194 Å². The van der Waals surface area contributed by atoms with E-state index in [0.717, 1.165) is 30.5 Å². The van der Waals surface area contributed by atoms with Crippen LogP contribution in [0.2, 0.25) is 0 Å². The number of aromatic hydroxyl groups is 1. The molecule has 4 aromatic rings. The van der Waals surface area contributed by atoms with Crippen molar-refractivity contribution in [1.82, 2.24) is 15.3 Å². The van der Waals surface area contributed by atoms with Gasteiger partial charge in [-0.05, 0) is 54.1 Å². The summed E-state index contributed by atoms with van der Waals surface area (Å²) in [6.45, 7) is 0. The molecule has 0 bridgehead atoms. The number of benzene rings is 2. The van der Waals surface area contributed by atoms with Crippen molar-refractivity contribution < 1.29 is 36.2 Å². The highest BCUT2D eigenvalue weighted by molar-refractivity contribution is 5.99. The summed E-state index contributed by atoms with van der Waals surface area (Å²) < 4.78 is 80.0. The Morgan fingerprint density at radius 3 is 2.23 bits per heavy atom. The average Bonchev–Trinajstić information content (AvgIpc) is 2.81. The number of halogens is 6. The molecule has 1 unspecified atom stereocenters. The molecule has 0 radical (unpaired) electrons. The summed E-state index contributed by atoms with van der Waals surface area (Å²) in [4.78, 5) is 20.9. The standard InChI is InChI=1S/C24H15F6N3O2/c25-23(26,27)15-6-3-13(4-7-15)20(21-17(24(28,29)30)2-1-10-32-21)33-22(35)14-5-8-16-18(12-14)31-11-9-19(16)34/h1-12,20H,(H,31,34)(H,33,35). The summed E-state index contributed by atoms with van der Waals surface area (Å²) in [7, 11) is 0. The van der Waals surface area contributed by atoms with Gasteiger partial charge in [0.1, 0.15) is 5.75 Å². The van der Waals surface area contributed by atoms with Crippen LogP contribution in [0.3, 0.4) is 0 Å². The Balaban J connectivity index is 1.77. The monoisotopic (exact) mass is 491 g/mol. The summed E-state index contributed by atoms with van der Waals surface area (Å²) in [6, 6.07) is 9.17. The van der Waals surface area contributed by atoms with Gasteiger partial charge in [0.2, 0.25) is 0 Å². The van der Waals surface area contributed by atoms with Gasteiger partial charge in [-0.25, -0.2) is 0 Å². The van der Waals surface area contributed by atoms with Gasteiger partial charge in [-0.1, -0.05) is 12.1 Å². The maximum Gasteiger partial charge on any atom is 0.418 e. The van der Waals surface area contributed by atoms with Gasteiger partial charge < -0.3 is 10.4 Å². The van der Waals surface area contributed by atoms with E-state index in [0.29, 0.717) is 17.5 Å². The van der Waals surface area contributed by atoms with Crippen molar-refractivity contribution in [3.8, 4) is 5.75 Å². The first-order chi connectivity index (χ1) is 16.4. The zero-order valence-corrected chi connectivity index (χ0v) is 17.5. The van der Waals surface area contributed by atoms with Crippen LogP contribution >= 0.6 is 0 Å². The zero-order valence-electron chi connectivity index (χ0n) is 17.5. The second-order valence-corrected chi connectivity index (χ2v) is 7.52. The first kappa shape index (κ1) is 24.0. The Kier molecular flexibility index (Phi) is 6.10. The lowest BCUT2D eigenvalue weighted by Gasteiger charge is -2.23. The molecule has 0 aliphatic heterocycles. The number of aromatic nitrogens is 2. The molecule has 180 valence electrons. The average molecular weight is 491 g/mol. The van der Waals surface area contributed by atoms with E-state index < -0.39 is 41.1 Å². The van der Waals surface area contributed by atoms with Crippen LogP contribution in [0.4, 0.5) is 26.3 Å². The lowest BCUT2D eigenvalue weighted by molar-refractivity contribution is -0.139. The molecule has 1 amide bonds. The molecule has 2 aromatic carbocycles. The van der Waals surface area contributed by atoms with Gasteiger partial charge in [-0.15, -0.1) is 0 Å². The summed E-state index contributed by atoms with van der Waals surface area (Å²) in [6.07, 6.45) is -7.07. The van der Waals surface area contributed by atoms with Crippen LogP contribution in [-0.4, -0.2) is 21.0 Å². The number of carbonyl (C=O) groups is 1. The third-order valence-corrected chi connectivity index (χ3v) is 5.25. The van der Waals surface area contributed by atoms with Crippen LogP contribution in [0.1, 0.15) is 38.8 Å². The predicted molar refractivity (Wildman–Crippen MR) is 113 cm³/mol. The molecule has 2 heterocycles. The molecule has 5 nitrogen and oxygen atoms in total. The normalized spacial score (nSPS) is 13.0. The van der Waals surface area contributed by atoms with Gasteiger partial charge in [-0.3, -0.25) is 14.8 Å². The number of alkyl halides is 6. The van der Waals surface area contributed by atoms with Gasteiger partial charge in [0.15, 0.2) is 0 Å². The maximum atomic E-state index is 13.7. The third kappa shape index (κ3) is 5.03. The number of hydrogen-bond donors (Lipinski definition) is 2. The van der Waals surface area contributed by atoms with Crippen LogP contribution in [0.5, 0.6) is 5.75 Å². The minimum Gasteiger partial charge on any atom is -0.507 e. The lowest BCUT2D eigenvalue weighted by Crippen LogP contribution is -2.31. The Morgan fingerprint density at radius 2 is 1.57 bits per heavy atom. The number of hydrogen-bond acceptors (Lipinski definition) is 4. The van der Waals surface area contributed by atoms with Gasteiger partial charge in [0.05, 0.1) is 28.4 Å². The van der Waals surface area contributed by atoms with Crippen molar-refractivity contribution in [2.75, 3.05) is 0 Å². The number of nitrogens with zero attached hydrogens (tertiary/aromatic N) is 2. The van der Waals surface area contributed by atoms with Gasteiger partial charge in [0, 0.05) is 23.3 Å². The van der Waals surface area contributed by atoms with Gasteiger partial charge >= 0.3 is 12.4 Å². The zero-order chi connectivity index (χ0) is 25.4. The third-order valence-electron chi connectivity index (χ3n) is 5.25. The fraction of sp³-hybridized carbons (Fsp3) is 0.125. The minimum absolute atomic E-state index is 0.0111. The van der Waals surface area contributed by atoms with E-state index in [1.807, 2.05) is 0 Å². The van der Waals surface area contributed by atoms with Crippen molar-refractivity contribution in [2.24, 2.45) is 0 Å². The summed E-state index contributed by atoms with van der Waals surface area (Å²) >= 11 is 0. The number of fused-ring (bicyclic) bond motifs is 1. The first-order valence-corrected chi connectivity index (χ1v) is 10.0. The van der Waals surface area contributed by atoms with Crippen molar-refractivity contribution in [2.45, 2.75) is 18.4 Å². The Hall–Kier alpha value is -4.15. The molecule has 11 heteroatoms. The quantitative estimate of drug-likeness (QED) is 0.349. The predicted octanol–water partition coefficient (Wildman–Crippen LogP) is 5.89. The van der Waals surface area contributed by atoms with E-state index in [-0.39, 0.29) is 22.4 Å². The molecular formula is C24H15F6N3O2. The highest BCUT2D eigenvalue weighted by Crippen LogP contribution is 2.37. The van der Waals surface area contributed by atoms with Crippen LogP contribution in [0.15, 0.2) is 73.1 Å². The number of pyridine rings is 2. The smallest absolute Gasteiger partial charge is 0.418 e. The molecule has 35 heavy (non-hydrogen) atoms. The maximum absolute atomic E-state index is 13.7. The van der Waals surface area contributed by atoms with E-state index >= 15 is 0 Å². The molecule has 0 saturated heterocycles. The van der Waals surface area contributed by atoms with E-state index in [4.69, 9.17) is 0 Å². The summed E-state index contributed by atoms with van der Waals surface area (Å²) in [5, 5.41) is 12.7. The van der Waals surface area contributed by atoms with E-state index in [1.54, 1.807) is 0 Å². The number of nitrogens with one attached hydrogen (secondary N) is 1. The Bertz CT molecular complexity index is 1380. The number of amides is 1. The molecule has 0 spiro atoms. The van der Waals surface area contributed by atoms with Gasteiger partial charge in [0.25, 0.3) is 5.91 Å². The van der Waals surface area contributed by atoms with Crippen LogP contribution in [-0.2, 0) is 12.4 Å². The molecule has 2 N–H and O–H groups in total. The molecule has 0 aliphatic rings. The lowest BCUT2D eigenvalue weighted by atomic mass is 9.97. The second-order valence-electron chi connectivity index (χ2n) is 7.52. The summed E-state index contributed by atoms with van der Waals surface area (Å²) in [5.74, 6) is -0.895. The highest BCUT2D eigenvalue weighted by Gasteiger charge is 2.37. The van der Waals surface area contributed by atoms with Crippen LogP contribution < -0.4 is 5.32 Å². The summed E-state index contributed by atoms with van der Waals surface area (Å²) in [5.41, 5.74) is -2.48. The number of carbonyl (C=O) groups excluding carboxylic acids is 1. The van der Waals surface area contributed by atoms with Crippen LogP contribution in [0, 0.1) is 0 Å². The van der Waals surface area contributed by atoms with E-state index in [1.165, 1.54) is 30.5 Å². The fourth-order valence-corrected chi connectivity index (χ4v) is 3.55. The second kappa shape index (κ2) is 8.90.